The fourth-order valence-electron chi connectivity index (χ4n) is 3.12. The van der Waals surface area contributed by atoms with E-state index in [0.29, 0.717) is 18.8 Å². The molecule has 3 N–H and O–H groups in total. The largest absolute Gasteiger partial charge is 0.356 e. The average Bonchev–Trinajstić information content (AvgIpc) is 3.13. The monoisotopic (exact) mass is 376 g/mol. The molecule has 0 spiro atoms. The molecule has 0 radical (unpaired) electrons. The molecule has 0 saturated carbocycles. The summed E-state index contributed by atoms with van der Waals surface area (Å²) < 4.78 is 26.4. The van der Waals surface area contributed by atoms with Gasteiger partial charge in [0.05, 0.1) is 0 Å². The van der Waals surface area contributed by atoms with Gasteiger partial charge in [0, 0.05) is 31.5 Å². The molecular formula is C18H24N4O3S. The number of carbonyl (C=O) groups is 1. The van der Waals surface area contributed by atoms with Crippen LogP contribution in [0.5, 0.6) is 0 Å². The maximum Gasteiger partial charge on any atom is 0.272 e. The molecule has 0 fully saturated rings. The van der Waals surface area contributed by atoms with Gasteiger partial charge in [0.25, 0.3) is 5.91 Å². The fourth-order valence-corrected chi connectivity index (χ4v) is 4.58. The predicted octanol–water partition coefficient (Wildman–Crippen LogP) is 1.94. The summed E-state index contributed by atoms with van der Waals surface area (Å²) in [6.45, 7) is 6.08. The SMILES string of the molecule is CCN(CC)S(=O)(=O)c1c[nH]c(C(=O)Nc2ccc3c(c2)CNCC3)c1. The van der Waals surface area contributed by atoms with Crippen molar-refractivity contribution in [2.75, 3.05) is 25.0 Å². The van der Waals surface area contributed by atoms with Crippen molar-refractivity contribution in [2.24, 2.45) is 0 Å². The molecule has 1 amide bonds. The zero-order valence-corrected chi connectivity index (χ0v) is 15.8. The number of amides is 1. The molecule has 0 unspecified atom stereocenters. The zero-order chi connectivity index (χ0) is 18.7. The number of hydrogen-bond acceptors (Lipinski definition) is 4. The van der Waals surface area contributed by atoms with Gasteiger partial charge in [-0.25, -0.2) is 8.42 Å². The van der Waals surface area contributed by atoms with Gasteiger partial charge < -0.3 is 15.6 Å². The van der Waals surface area contributed by atoms with Crippen LogP contribution in [0.1, 0.15) is 35.5 Å². The Morgan fingerprint density at radius 3 is 2.69 bits per heavy atom. The molecule has 1 aliphatic heterocycles. The summed E-state index contributed by atoms with van der Waals surface area (Å²) >= 11 is 0. The number of rotatable bonds is 6. The first-order chi connectivity index (χ1) is 12.5. The lowest BCUT2D eigenvalue weighted by Crippen LogP contribution is -2.30. The molecule has 3 rings (SSSR count). The van der Waals surface area contributed by atoms with E-state index in [0.717, 1.165) is 19.5 Å². The second-order valence-corrected chi connectivity index (χ2v) is 8.14. The molecule has 2 heterocycles. The van der Waals surface area contributed by atoms with Gasteiger partial charge in [-0.05, 0) is 42.3 Å². The van der Waals surface area contributed by atoms with Gasteiger partial charge in [-0.3, -0.25) is 4.79 Å². The van der Waals surface area contributed by atoms with E-state index in [1.54, 1.807) is 13.8 Å². The summed E-state index contributed by atoms with van der Waals surface area (Å²) in [6.07, 6.45) is 2.34. The molecule has 26 heavy (non-hydrogen) atoms. The van der Waals surface area contributed by atoms with E-state index >= 15 is 0 Å². The topological polar surface area (TPSA) is 94.3 Å². The van der Waals surface area contributed by atoms with E-state index in [1.807, 2.05) is 18.2 Å². The van der Waals surface area contributed by atoms with E-state index in [1.165, 1.54) is 27.7 Å². The average molecular weight is 376 g/mol. The number of benzene rings is 1. The Labute approximate surface area is 153 Å². The van der Waals surface area contributed by atoms with Crippen LogP contribution in [-0.2, 0) is 23.0 Å². The standard InChI is InChI=1S/C18H24N4O3S/c1-3-22(4-2)26(24,25)16-10-17(20-12-16)18(23)21-15-6-5-13-7-8-19-11-14(13)9-15/h5-6,9-10,12,19-20H,3-4,7-8,11H2,1-2H3,(H,21,23). The lowest BCUT2D eigenvalue weighted by atomic mass is 10.0. The zero-order valence-electron chi connectivity index (χ0n) is 15.0. The van der Waals surface area contributed by atoms with Crippen molar-refractivity contribution < 1.29 is 13.2 Å². The van der Waals surface area contributed by atoms with Crippen LogP contribution in [-0.4, -0.2) is 43.2 Å². The first-order valence-electron chi connectivity index (χ1n) is 8.78. The smallest absolute Gasteiger partial charge is 0.272 e. The van der Waals surface area contributed by atoms with Gasteiger partial charge in [0.2, 0.25) is 10.0 Å². The Morgan fingerprint density at radius 1 is 1.19 bits per heavy atom. The molecule has 0 aliphatic carbocycles. The molecule has 0 atom stereocenters. The van der Waals surface area contributed by atoms with Gasteiger partial charge in [0.1, 0.15) is 10.6 Å². The Morgan fingerprint density at radius 2 is 1.96 bits per heavy atom. The maximum absolute atomic E-state index is 12.5. The number of nitrogens with one attached hydrogen (secondary N) is 3. The molecule has 7 nitrogen and oxygen atoms in total. The first kappa shape index (κ1) is 18.6. The Kier molecular flexibility index (Phi) is 5.45. The molecule has 2 aromatic rings. The van der Waals surface area contributed by atoms with E-state index in [-0.39, 0.29) is 16.5 Å². The number of hydrogen-bond donors (Lipinski definition) is 3. The molecule has 1 aromatic heterocycles. The van der Waals surface area contributed by atoms with Crippen molar-refractivity contribution in [2.45, 2.75) is 31.7 Å². The van der Waals surface area contributed by atoms with Crippen LogP contribution in [0.15, 0.2) is 35.4 Å². The van der Waals surface area contributed by atoms with Crippen molar-refractivity contribution in [1.29, 1.82) is 0 Å². The predicted molar refractivity (Wildman–Crippen MR) is 101 cm³/mol. The van der Waals surface area contributed by atoms with E-state index in [9.17, 15) is 13.2 Å². The lowest BCUT2D eigenvalue weighted by molar-refractivity contribution is 0.102. The van der Waals surface area contributed by atoms with Crippen LogP contribution >= 0.6 is 0 Å². The highest BCUT2D eigenvalue weighted by Crippen LogP contribution is 2.21. The van der Waals surface area contributed by atoms with Gasteiger partial charge >= 0.3 is 0 Å². The molecule has 0 saturated heterocycles. The van der Waals surface area contributed by atoms with Crippen LogP contribution in [0.3, 0.4) is 0 Å². The highest BCUT2D eigenvalue weighted by Gasteiger charge is 2.24. The molecule has 8 heteroatoms. The second kappa shape index (κ2) is 7.61. The molecular weight excluding hydrogens is 352 g/mol. The van der Waals surface area contributed by atoms with Crippen LogP contribution in [0.2, 0.25) is 0 Å². The summed E-state index contributed by atoms with van der Waals surface area (Å²) in [4.78, 5) is 15.3. The minimum atomic E-state index is -3.59. The number of nitrogens with zero attached hydrogens (tertiary/aromatic N) is 1. The minimum Gasteiger partial charge on any atom is -0.356 e. The molecule has 140 valence electrons. The van der Waals surface area contributed by atoms with E-state index in [4.69, 9.17) is 0 Å². The summed E-state index contributed by atoms with van der Waals surface area (Å²) in [5, 5.41) is 6.13. The van der Waals surface area contributed by atoms with Crippen molar-refractivity contribution >= 4 is 21.6 Å². The number of aromatic amines is 1. The number of sulfonamides is 1. The van der Waals surface area contributed by atoms with Crippen molar-refractivity contribution in [1.82, 2.24) is 14.6 Å². The number of H-pyrrole nitrogens is 1. The van der Waals surface area contributed by atoms with E-state index in [2.05, 4.69) is 15.6 Å². The van der Waals surface area contributed by atoms with Crippen LogP contribution in [0.25, 0.3) is 0 Å². The third kappa shape index (κ3) is 3.67. The highest BCUT2D eigenvalue weighted by atomic mass is 32.2. The Bertz CT molecular complexity index is 901. The lowest BCUT2D eigenvalue weighted by Gasteiger charge is -2.18. The van der Waals surface area contributed by atoms with Gasteiger partial charge in [-0.15, -0.1) is 0 Å². The molecule has 1 aromatic carbocycles. The number of aromatic nitrogens is 1. The Balaban J connectivity index is 1.76. The quantitative estimate of drug-likeness (QED) is 0.718. The number of fused-ring (bicyclic) bond motifs is 1. The first-order valence-corrected chi connectivity index (χ1v) is 10.2. The van der Waals surface area contributed by atoms with E-state index < -0.39 is 10.0 Å². The third-order valence-electron chi connectivity index (χ3n) is 4.60. The van der Waals surface area contributed by atoms with Crippen LogP contribution in [0.4, 0.5) is 5.69 Å². The summed E-state index contributed by atoms with van der Waals surface area (Å²) in [5.41, 5.74) is 3.37. The maximum atomic E-state index is 12.5. The highest BCUT2D eigenvalue weighted by molar-refractivity contribution is 7.89. The summed E-state index contributed by atoms with van der Waals surface area (Å²) in [5.74, 6) is -0.366. The molecule has 1 aliphatic rings. The Hall–Kier alpha value is -2.16. The third-order valence-corrected chi connectivity index (χ3v) is 6.62. The van der Waals surface area contributed by atoms with Gasteiger partial charge in [0.15, 0.2) is 0 Å². The van der Waals surface area contributed by atoms with Crippen molar-refractivity contribution in [3.05, 3.63) is 47.3 Å². The minimum absolute atomic E-state index is 0.0981. The van der Waals surface area contributed by atoms with Gasteiger partial charge in [-0.1, -0.05) is 19.9 Å². The summed E-state index contributed by atoms with van der Waals surface area (Å²) in [6, 6.07) is 7.23. The van der Waals surface area contributed by atoms with Crippen LogP contribution in [0, 0.1) is 0 Å². The second-order valence-electron chi connectivity index (χ2n) is 6.20. The van der Waals surface area contributed by atoms with Crippen molar-refractivity contribution in [3.63, 3.8) is 0 Å². The fraction of sp³-hybridized carbons (Fsp3) is 0.389. The number of carbonyl (C=O) groups excluding carboxylic acids is 1. The summed E-state index contributed by atoms with van der Waals surface area (Å²) in [7, 11) is -3.59. The molecule has 0 bridgehead atoms. The van der Waals surface area contributed by atoms with Crippen molar-refractivity contribution in [3.8, 4) is 0 Å². The number of anilines is 1. The van der Waals surface area contributed by atoms with Gasteiger partial charge in [-0.2, -0.15) is 4.31 Å². The normalized spacial score (nSPS) is 14.3. The van der Waals surface area contributed by atoms with Crippen LogP contribution < -0.4 is 10.6 Å².